The minimum atomic E-state index is -0.207. The van der Waals surface area contributed by atoms with E-state index in [1.807, 2.05) is 13.8 Å². The largest absolute Gasteiger partial charge is 0.479 e. The summed E-state index contributed by atoms with van der Waals surface area (Å²) in [6, 6.07) is 1.45. The van der Waals surface area contributed by atoms with Crippen molar-refractivity contribution in [1.29, 1.82) is 0 Å². The number of aryl methyl sites for hydroxylation is 1. The summed E-state index contributed by atoms with van der Waals surface area (Å²) in [4.78, 5) is 11.7. The summed E-state index contributed by atoms with van der Waals surface area (Å²) < 4.78 is 9.86. The van der Waals surface area contributed by atoms with Crippen molar-refractivity contribution in [2.24, 2.45) is 5.92 Å². The highest BCUT2D eigenvalue weighted by Crippen LogP contribution is 2.12. The van der Waals surface area contributed by atoms with E-state index in [2.05, 4.69) is 10.5 Å². The number of aliphatic hydroxyl groups is 1. The van der Waals surface area contributed by atoms with Gasteiger partial charge in [-0.2, -0.15) is 0 Å². The van der Waals surface area contributed by atoms with Crippen molar-refractivity contribution >= 4 is 5.91 Å². The fourth-order valence-corrected chi connectivity index (χ4v) is 1.45. The molecule has 0 radical (unpaired) electrons. The second-order valence-corrected chi connectivity index (χ2v) is 4.44. The number of carbonyl (C=O) groups excluding carboxylic acids is 1. The molecule has 6 heteroatoms. The molecule has 0 unspecified atom stereocenters. The lowest BCUT2D eigenvalue weighted by atomic mass is 10.1. The van der Waals surface area contributed by atoms with E-state index < -0.39 is 0 Å². The molecule has 0 spiro atoms. The zero-order valence-electron chi connectivity index (χ0n) is 11.0. The van der Waals surface area contributed by atoms with Crippen LogP contribution in [0.25, 0.3) is 0 Å². The maximum absolute atomic E-state index is 11.7. The number of aromatic nitrogens is 1. The molecule has 1 rings (SSSR count). The van der Waals surface area contributed by atoms with Gasteiger partial charge in [0.15, 0.2) is 0 Å². The molecule has 1 aromatic rings. The van der Waals surface area contributed by atoms with E-state index >= 15 is 0 Å². The van der Waals surface area contributed by atoms with Crippen LogP contribution in [0.1, 0.15) is 26.0 Å². The molecule has 0 aliphatic carbocycles. The van der Waals surface area contributed by atoms with E-state index in [-0.39, 0.29) is 24.5 Å². The highest BCUT2D eigenvalue weighted by atomic mass is 16.5. The number of methoxy groups -OCH3 is 1. The molecule has 0 aliphatic heterocycles. The highest BCUT2D eigenvalue weighted by molar-refractivity contribution is 5.76. The Kier molecular flexibility index (Phi) is 5.64. The van der Waals surface area contributed by atoms with Gasteiger partial charge in [0, 0.05) is 18.9 Å². The molecule has 0 bridgehead atoms. The van der Waals surface area contributed by atoms with Gasteiger partial charge in [-0.1, -0.05) is 13.8 Å². The SMILES string of the molecule is COc1cc(CCC(=O)N[C@@H](CO)C(C)C)on1. The number of hydrogen-bond donors (Lipinski definition) is 2. The fraction of sp³-hybridized carbons (Fsp3) is 0.667. The topological polar surface area (TPSA) is 84.6 Å². The second kappa shape index (κ2) is 7.00. The molecular weight excluding hydrogens is 236 g/mol. The minimum Gasteiger partial charge on any atom is -0.479 e. The average Bonchev–Trinajstić information content (AvgIpc) is 2.81. The molecule has 1 atom stereocenters. The van der Waals surface area contributed by atoms with Crippen molar-refractivity contribution in [2.45, 2.75) is 32.7 Å². The third-order valence-corrected chi connectivity index (χ3v) is 2.69. The van der Waals surface area contributed by atoms with Gasteiger partial charge in [0.2, 0.25) is 5.91 Å². The molecule has 0 saturated heterocycles. The van der Waals surface area contributed by atoms with E-state index in [1.54, 1.807) is 6.07 Å². The first-order valence-corrected chi connectivity index (χ1v) is 5.96. The van der Waals surface area contributed by atoms with E-state index in [0.29, 0.717) is 24.5 Å². The average molecular weight is 256 g/mol. The van der Waals surface area contributed by atoms with Crippen molar-refractivity contribution in [1.82, 2.24) is 10.5 Å². The van der Waals surface area contributed by atoms with Crippen LogP contribution in [-0.2, 0) is 11.2 Å². The van der Waals surface area contributed by atoms with E-state index in [4.69, 9.17) is 14.4 Å². The van der Waals surface area contributed by atoms with Gasteiger partial charge >= 0.3 is 0 Å². The summed E-state index contributed by atoms with van der Waals surface area (Å²) in [7, 11) is 1.50. The normalized spacial score (nSPS) is 12.5. The number of amides is 1. The monoisotopic (exact) mass is 256 g/mol. The molecule has 1 amide bonds. The smallest absolute Gasteiger partial charge is 0.254 e. The summed E-state index contributed by atoms with van der Waals surface area (Å²) in [5.41, 5.74) is 0. The minimum absolute atomic E-state index is 0.0560. The molecule has 1 aromatic heterocycles. The van der Waals surface area contributed by atoms with Crippen LogP contribution in [0.5, 0.6) is 5.88 Å². The Hall–Kier alpha value is -1.56. The standard InChI is InChI=1S/C12H20N2O4/c1-8(2)10(7-15)13-11(16)5-4-9-6-12(17-3)14-18-9/h6,8,10,15H,4-5,7H2,1-3H3,(H,13,16)/t10-/m0/s1. The molecule has 6 nitrogen and oxygen atoms in total. The lowest BCUT2D eigenvalue weighted by Crippen LogP contribution is -2.41. The Balaban J connectivity index is 2.36. The third-order valence-electron chi connectivity index (χ3n) is 2.69. The molecule has 102 valence electrons. The van der Waals surface area contributed by atoms with Crippen LogP contribution in [0.3, 0.4) is 0 Å². The van der Waals surface area contributed by atoms with Crippen LogP contribution < -0.4 is 10.1 Å². The van der Waals surface area contributed by atoms with Gasteiger partial charge in [-0.05, 0) is 11.1 Å². The molecule has 1 heterocycles. The summed E-state index contributed by atoms with van der Waals surface area (Å²) in [6.07, 6.45) is 0.750. The van der Waals surface area contributed by atoms with Gasteiger partial charge in [-0.25, -0.2) is 0 Å². The molecule has 18 heavy (non-hydrogen) atoms. The number of aliphatic hydroxyl groups excluding tert-OH is 1. The van der Waals surface area contributed by atoms with E-state index in [9.17, 15) is 4.79 Å². The molecule has 0 saturated carbocycles. The highest BCUT2D eigenvalue weighted by Gasteiger charge is 2.15. The summed E-state index contributed by atoms with van der Waals surface area (Å²) in [5, 5.41) is 15.5. The molecule has 0 aliphatic rings. The maximum atomic E-state index is 11.7. The zero-order chi connectivity index (χ0) is 13.5. The Morgan fingerprint density at radius 1 is 1.61 bits per heavy atom. The van der Waals surface area contributed by atoms with E-state index in [0.717, 1.165) is 0 Å². The predicted octanol–water partition coefficient (Wildman–Crippen LogP) is 0.749. The molecule has 0 fully saturated rings. The van der Waals surface area contributed by atoms with Crippen molar-refractivity contribution in [3.8, 4) is 5.88 Å². The fourth-order valence-electron chi connectivity index (χ4n) is 1.45. The van der Waals surface area contributed by atoms with Crippen LogP contribution >= 0.6 is 0 Å². The quantitative estimate of drug-likeness (QED) is 0.752. The molecular formula is C12H20N2O4. The summed E-state index contributed by atoms with van der Waals surface area (Å²) in [5.74, 6) is 1.09. The Morgan fingerprint density at radius 2 is 2.33 bits per heavy atom. The first-order chi connectivity index (χ1) is 8.56. The number of nitrogens with zero attached hydrogens (tertiary/aromatic N) is 1. The zero-order valence-corrected chi connectivity index (χ0v) is 11.0. The predicted molar refractivity (Wildman–Crippen MR) is 65.2 cm³/mol. The third kappa shape index (κ3) is 4.37. The Bertz CT molecular complexity index is 376. The van der Waals surface area contributed by atoms with Gasteiger partial charge in [0.05, 0.1) is 19.8 Å². The maximum Gasteiger partial charge on any atom is 0.254 e. The van der Waals surface area contributed by atoms with Gasteiger partial charge in [0.25, 0.3) is 5.88 Å². The first-order valence-electron chi connectivity index (χ1n) is 5.96. The summed E-state index contributed by atoms with van der Waals surface area (Å²) in [6.45, 7) is 3.84. The van der Waals surface area contributed by atoms with Crippen molar-refractivity contribution in [3.63, 3.8) is 0 Å². The Morgan fingerprint density at radius 3 is 2.83 bits per heavy atom. The van der Waals surface area contributed by atoms with Crippen LogP contribution in [0.2, 0.25) is 0 Å². The van der Waals surface area contributed by atoms with Crippen molar-refractivity contribution in [3.05, 3.63) is 11.8 Å². The van der Waals surface area contributed by atoms with Crippen molar-refractivity contribution in [2.75, 3.05) is 13.7 Å². The van der Waals surface area contributed by atoms with Crippen LogP contribution in [0, 0.1) is 5.92 Å². The number of nitrogens with one attached hydrogen (secondary N) is 1. The van der Waals surface area contributed by atoms with Gasteiger partial charge in [-0.3, -0.25) is 4.79 Å². The van der Waals surface area contributed by atoms with Crippen LogP contribution in [-0.4, -0.2) is 35.9 Å². The molecule has 2 N–H and O–H groups in total. The second-order valence-electron chi connectivity index (χ2n) is 4.44. The van der Waals surface area contributed by atoms with Gasteiger partial charge in [0.1, 0.15) is 5.76 Å². The number of carbonyl (C=O) groups is 1. The first kappa shape index (κ1) is 14.5. The van der Waals surface area contributed by atoms with Crippen LogP contribution in [0.15, 0.2) is 10.6 Å². The van der Waals surface area contributed by atoms with Crippen molar-refractivity contribution < 1.29 is 19.2 Å². The van der Waals surface area contributed by atoms with E-state index in [1.165, 1.54) is 7.11 Å². The molecule has 0 aromatic carbocycles. The Labute approximate surface area is 106 Å². The van der Waals surface area contributed by atoms with Gasteiger partial charge in [-0.15, -0.1) is 0 Å². The summed E-state index contributed by atoms with van der Waals surface area (Å²) >= 11 is 0. The lowest BCUT2D eigenvalue weighted by molar-refractivity contribution is -0.122. The number of ether oxygens (including phenoxy) is 1. The number of hydrogen-bond acceptors (Lipinski definition) is 5. The lowest BCUT2D eigenvalue weighted by Gasteiger charge is -2.19. The van der Waals surface area contributed by atoms with Gasteiger partial charge < -0.3 is 19.7 Å². The number of rotatable bonds is 7. The van der Waals surface area contributed by atoms with Crippen LogP contribution in [0.4, 0.5) is 0 Å².